The maximum Gasteiger partial charge on any atom is 0.233 e. The lowest BCUT2D eigenvalue weighted by atomic mass is 10.2. The molecule has 9 heteroatoms. The topological polar surface area (TPSA) is 86.4 Å². The molecule has 2 aliphatic heterocycles. The van der Waals surface area contributed by atoms with Gasteiger partial charge >= 0.3 is 0 Å². The molecule has 1 atom stereocenters. The van der Waals surface area contributed by atoms with Gasteiger partial charge < -0.3 is 9.88 Å². The predicted molar refractivity (Wildman–Crippen MR) is 107 cm³/mol. The first-order valence-corrected chi connectivity index (χ1v) is 12.0. The van der Waals surface area contributed by atoms with Crippen molar-refractivity contribution in [2.75, 3.05) is 43.4 Å². The first kappa shape index (κ1) is 18.8. The molecule has 2 saturated heterocycles. The minimum atomic E-state index is -2.86. The molecule has 1 amide bonds. The predicted octanol–water partition coefficient (Wildman–Crippen LogP) is 1.29. The van der Waals surface area contributed by atoms with E-state index in [0.717, 1.165) is 35.7 Å². The van der Waals surface area contributed by atoms with Gasteiger partial charge in [0.1, 0.15) is 0 Å². The molecule has 0 aliphatic carbocycles. The number of amides is 1. The van der Waals surface area contributed by atoms with Crippen LogP contribution in [0.1, 0.15) is 12.0 Å². The molecule has 2 fully saturated rings. The van der Waals surface area contributed by atoms with Crippen molar-refractivity contribution in [3.63, 3.8) is 0 Å². The highest BCUT2D eigenvalue weighted by Crippen LogP contribution is 2.22. The van der Waals surface area contributed by atoms with E-state index in [-0.39, 0.29) is 17.7 Å². The quantitative estimate of drug-likeness (QED) is 0.768. The Bertz CT molecular complexity index is 949. The standard InChI is InChI=1S/C18H24N4O3S2/c1-13-2-3-15-16(10-13)20-18(19-15)26-11-17(23)22-7-5-21(6-8-22)14-4-9-27(24,25)12-14/h2-3,10,14H,4-9,11-12H2,1H3,(H,19,20). The van der Waals surface area contributed by atoms with Crippen LogP contribution in [0.5, 0.6) is 0 Å². The fourth-order valence-electron chi connectivity index (χ4n) is 3.79. The van der Waals surface area contributed by atoms with E-state index in [0.29, 0.717) is 24.6 Å². The Kier molecular flexibility index (Phi) is 5.17. The number of nitrogens with one attached hydrogen (secondary N) is 1. The molecule has 27 heavy (non-hydrogen) atoms. The maximum atomic E-state index is 12.5. The van der Waals surface area contributed by atoms with E-state index in [2.05, 4.69) is 20.9 Å². The normalized spacial score (nSPS) is 23.1. The van der Waals surface area contributed by atoms with Gasteiger partial charge in [-0.3, -0.25) is 9.69 Å². The number of thioether (sulfide) groups is 1. The first-order valence-electron chi connectivity index (χ1n) is 9.21. The van der Waals surface area contributed by atoms with Gasteiger partial charge in [0.2, 0.25) is 5.91 Å². The summed E-state index contributed by atoms with van der Waals surface area (Å²) in [7, 11) is -2.86. The molecule has 146 valence electrons. The number of hydrogen-bond donors (Lipinski definition) is 1. The van der Waals surface area contributed by atoms with Gasteiger partial charge in [0.25, 0.3) is 0 Å². The van der Waals surface area contributed by atoms with Crippen LogP contribution >= 0.6 is 11.8 Å². The minimum absolute atomic E-state index is 0.107. The zero-order valence-corrected chi connectivity index (χ0v) is 17.0. The summed E-state index contributed by atoms with van der Waals surface area (Å²) in [4.78, 5) is 24.4. The van der Waals surface area contributed by atoms with Crippen molar-refractivity contribution >= 4 is 38.5 Å². The number of aromatic amines is 1. The second-order valence-corrected chi connectivity index (χ2v) is 10.5. The second kappa shape index (κ2) is 7.44. The van der Waals surface area contributed by atoms with Gasteiger partial charge in [-0.05, 0) is 31.0 Å². The average Bonchev–Trinajstić information content (AvgIpc) is 3.21. The van der Waals surface area contributed by atoms with Crippen LogP contribution in [0, 0.1) is 6.92 Å². The van der Waals surface area contributed by atoms with E-state index in [1.165, 1.54) is 17.3 Å². The molecule has 2 aliphatic rings. The molecule has 1 N–H and O–H groups in total. The largest absolute Gasteiger partial charge is 0.339 e. The van der Waals surface area contributed by atoms with Gasteiger partial charge in [-0.1, -0.05) is 17.8 Å². The summed E-state index contributed by atoms with van der Waals surface area (Å²) in [5, 5.41) is 0.763. The third kappa shape index (κ3) is 4.30. The maximum absolute atomic E-state index is 12.5. The van der Waals surface area contributed by atoms with Gasteiger partial charge in [0.15, 0.2) is 15.0 Å². The molecule has 0 bridgehead atoms. The number of aromatic nitrogens is 2. The fraction of sp³-hybridized carbons (Fsp3) is 0.556. The van der Waals surface area contributed by atoms with Crippen molar-refractivity contribution in [1.82, 2.24) is 19.8 Å². The van der Waals surface area contributed by atoms with E-state index in [1.54, 1.807) is 0 Å². The lowest BCUT2D eigenvalue weighted by Crippen LogP contribution is -2.52. The van der Waals surface area contributed by atoms with Crippen LogP contribution in [0.2, 0.25) is 0 Å². The smallest absolute Gasteiger partial charge is 0.233 e. The van der Waals surface area contributed by atoms with Gasteiger partial charge in [0.05, 0.1) is 28.3 Å². The highest BCUT2D eigenvalue weighted by molar-refractivity contribution is 7.99. The molecule has 1 aromatic heterocycles. The summed E-state index contributed by atoms with van der Waals surface area (Å²) in [5.41, 5.74) is 3.08. The van der Waals surface area contributed by atoms with Crippen molar-refractivity contribution in [3.05, 3.63) is 23.8 Å². The average molecular weight is 409 g/mol. The molecule has 1 unspecified atom stereocenters. The van der Waals surface area contributed by atoms with Gasteiger partial charge in [-0.25, -0.2) is 13.4 Å². The summed E-state index contributed by atoms with van der Waals surface area (Å²) in [5.74, 6) is 1.03. The Morgan fingerprint density at radius 1 is 1.30 bits per heavy atom. The SMILES string of the molecule is Cc1ccc2nc(SCC(=O)N3CCN(C4CCS(=O)(=O)C4)CC3)[nH]c2c1. The fourth-order valence-corrected chi connectivity index (χ4v) is 6.34. The van der Waals surface area contributed by atoms with Crippen molar-refractivity contribution < 1.29 is 13.2 Å². The van der Waals surface area contributed by atoms with Crippen molar-refractivity contribution in [1.29, 1.82) is 0 Å². The van der Waals surface area contributed by atoms with Crippen LogP contribution in [0.25, 0.3) is 11.0 Å². The lowest BCUT2D eigenvalue weighted by Gasteiger charge is -2.37. The monoisotopic (exact) mass is 408 g/mol. The number of sulfone groups is 1. The zero-order chi connectivity index (χ0) is 19.0. The molecule has 0 saturated carbocycles. The minimum Gasteiger partial charge on any atom is -0.339 e. The zero-order valence-electron chi connectivity index (χ0n) is 15.3. The molecule has 7 nitrogen and oxygen atoms in total. The van der Waals surface area contributed by atoms with Crippen LogP contribution in [0.15, 0.2) is 23.4 Å². The summed E-state index contributed by atoms with van der Waals surface area (Å²) < 4.78 is 23.3. The first-order chi connectivity index (χ1) is 12.9. The number of fused-ring (bicyclic) bond motifs is 1. The lowest BCUT2D eigenvalue weighted by molar-refractivity contribution is -0.130. The van der Waals surface area contributed by atoms with Gasteiger partial charge in [0, 0.05) is 32.2 Å². The molecular formula is C18H24N4O3S2. The van der Waals surface area contributed by atoms with Crippen LogP contribution in [-0.4, -0.2) is 83.6 Å². The number of carbonyl (C=O) groups excluding carboxylic acids is 1. The second-order valence-electron chi connectivity index (χ2n) is 7.32. The number of H-pyrrole nitrogens is 1. The highest BCUT2D eigenvalue weighted by Gasteiger charge is 2.34. The third-order valence-corrected chi connectivity index (χ3v) is 7.95. The molecule has 4 rings (SSSR count). The van der Waals surface area contributed by atoms with Crippen LogP contribution in [0.4, 0.5) is 0 Å². The molecular weight excluding hydrogens is 384 g/mol. The number of hydrogen-bond acceptors (Lipinski definition) is 6. The van der Waals surface area contributed by atoms with Crippen LogP contribution in [0.3, 0.4) is 0 Å². The van der Waals surface area contributed by atoms with Crippen LogP contribution < -0.4 is 0 Å². The highest BCUT2D eigenvalue weighted by atomic mass is 32.2. The number of aryl methyl sites for hydroxylation is 1. The number of carbonyl (C=O) groups is 1. The summed E-state index contributed by atoms with van der Waals surface area (Å²) in [6.07, 6.45) is 0.720. The Hall–Kier alpha value is -1.58. The molecule has 3 heterocycles. The van der Waals surface area contributed by atoms with E-state index >= 15 is 0 Å². The molecule has 0 spiro atoms. The van der Waals surface area contributed by atoms with E-state index in [4.69, 9.17) is 0 Å². The van der Waals surface area contributed by atoms with Crippen molar-refractivity contribution in [2.45, 2.75) is 24.5 Å². The number of rotatable bonds is 4. The number of piperazine rings is 1. The van der Waals surface area contributed by atoms with Crippen molar-refractivity contribution in [3.8, 4) is 0 Å². The van der Waals surface area contributed by atoms with Gasteiger partial charge in [-0.2, -0.15) is 0 Å². The molecule has 1 aromatic carbocycles. The van der Waals surface area contributed by atoms with Crippen molar-refractivity contribution in [2.24, 2.45) is 0 Å². The number of imidazole rings is 1. The van der Waals surface area contributed by atoms with E-state index in [9.17, 15) is 13.2 Å². The molecule has 2 aromatic rings. The Morgan fingerprint density at radius 3 is 2.78 bits per heavy atom. The van der Waals surface area contributed by atoms with Crippen LogP contribution in [-0.2, 0) is 14.6 Å². The Morgan fingerprint density at radius 2 is 2.07 bits per heavy atom. The summed E-state index contributed by atoms with van der Waals surface area (Å²) >= 11 is 1.43. The third-order valence-electron chi connectivity index (χ3n) is 5.34. The van der Waals surface area contributed by atoms with Gasteiger partial charge in [-0.15, -0.1) is 0 Å². The molecule has 0 radical (unpaired) electrons. The van der Waals surface area contributed by atoms with E-state index in [1.807, 2.05) is 24.0 Å². The Labute approximate surface area is 163 Å². The number of benzene rings is 1. The summed E-state index contributed by atoms with van der Waals surface area (Å²) in [6.45, 7) is 4.86. The summed E-state index contributed by atoms with van der Waals surface area (Å²) in [6, 6.07) is 6.19. The van der Waals surface area contributed by atoms with E-state index < -0.39 is 9.84 Å². The Balaban J connectivity index is 1.28. The number of nitrogens with zero attached hydrogens (tertiary/aromatic N) is 3.